The predicted molar refractivity (Wildman–Crippen MR) is 61.4 cm³/mol. The number of morpholine rings is 1. The summed E-state index contributed by atoms with van der Waals surface area (Å²) < 4.78 is 5.38. The lowest BCUT2D eigenvalue weighted by atomic mass is 10.2. The molecule has 0 aromatic carbocycles. The Morgan fingerprint density at radius 1 is 1.50 bits per heavy atom. The van der Waals surface area contributed by atoms with Crippen LogP contribution in [0.5, 0.6) is 0 Å². The van der Waals surface area contributed by atoms with E-state index in [1.54, 1.807) is 0 Å². The van der Waals surface area contributed by atoms with Gasteiger partial charge in [0.2, 0.25) is 0 Å². The zero-order valence-corrected chi connectivity index (χ0v) is 9.87. The van der Waals surface area contributed by atoms with E-state index in [1.165, 1.54) is 0 Å². The molecular weight excluding hydrogens is 206 g/mol. The third kappa shape index (κ3) is 2.86. The smallest absolute Gasteiger partial charge is 0.317 e. The van der Waals surface area contributed by atoms with Gasteiger partial charge < -0.3 is 20.3 Å². The number of nitrogens with one attached hydrogen (secondary N) is 2. The van der Waals surface area contributed by atoms with Gasteiger partial charge in [0, 0.05) is 31.7 Å². The molecule has 92 valence electrons. The summed E-state index contributed by atoms with van der Waals surface area (Å²) in [6.07, 6.45) is 2.18. The summed E-state index contributed by atoms with van der Waals surface area (Å²) in [5.41, 5.74) is 0. The SMILES string of the molecule is CCCC1CN(CC2COCCN2)C(=O)N1. The van der Waals surface area contributed by atoms with Gasteiger partial charge in [-0.2, -0.15) is 0 Å². The van der Waals surface area contributed by atoms with Crippen molar-refractivity contribution in [2.24, 2.45) is 0 Å². The van der Waals surface area contributed by atoms with Crippen LogP contribution in [0.4, 0.5) is 4.79 Å². The number of hydrogen-bond acceptors (Lipinski definition) is 3. The third-order valence-corrected chi connectivity index (χ3v) is 3.13. The van der Waals surface area contributed by atoms with Gasteiger partial charge in [-0.05, 0) is 6.42 Å². The molecule has 2 amide bonds. The molecule has 2 atom stereocenters. The average molecular weight is 227 g/mol. The number of hydrogen-bond donors (Lipinski definition) is 2. The Hall–Kier alpha value is -0.810. The Morgan fingerprint density at radius 3 is 3.06 bits per heavy atom. The van der Waals surface area contributed by atoms with Gasteiger partial charge in [-0.15, -0.1) is 0 Å². The van der Waals surface area contributed by atoms with Gasteiger partial charge >= 0.3 is 6.03 Å². The maximum absolute atomic E-state index is 11.7. The number of carbonyl (C=O) groups is 1. The van der Waals surface area contributed by atoms with E-state index < -0.39 is 0 Å². The van der Waals surface area contributed by atoms with E-state index >= 15 is 0 Å². The quantitative estimate of drug-likeness (QED) is 0.720. The lowest BCUT2D eigenvalue weighted by Crippen LogP contribution is -2.49. The molecule has 0 aromatic heterocycles. The van der Waals surface area contributed by atoms with Crippen LogP contribution in [0.1, 0.15) is 19.8 Å². The Kier molecular flexibility index (Phi) is 4.01. The van der Waals surface area contributed by atoms with Crippen LogP contribution in [0.25, 0.3) is 0 Å². The lowest BCUT2D eigenvalue weighted by Gasteiger charge is -2.27. The molecule has 0 aromatic rings. The molecule has 2 aliphatic rings. The van der Waals surface area contributed by atoms with Crippen LogP contribution in [0.2, 0.25) is 0 Å². The second-order valence-electron chi connectivity index (χ2n) is 4.57. The Balaban J connectivity index is 1.78. The monoisotopic (exact) mass is 227 g/mol. The summed E-state index contributed by atoms with van der Waals surface area (Å²) in [5.74, 6) is 0. The largest absolute Gasteiger partial charge is 0.378 e. The van der Waals surface area contributed by atoms with Gasteiger partial charge in [0.25, 0.3) is 0 Å². The highest BCUT2D eigenvalue weighted by Gasteiger charge is 2.30. The van der Waals surface area contributed by atoms with Gasteiger partial charge in [-0.1, -0.05) is 13.3 Å². The first-order valence-electron chi connectivity index (χ1n) is 6.16. The molecule has 2 rings (SSSR count). The van der Waals surface area contributed by atoms with Crippen molar-refractivity contribution in [3.63, 3.8) is 0 Å². The van der Waals surface area contributed by atoms with Gasteiger partial charge in [-0.25, -0.2) is 4.79 Å². The highest BCUT2D eigenvalue weighted by atomic mass is 16.5. The number of carbonyl (C=O) groups excluding carboxylic acids is 1. The van der Waals surface area contributed by atoms with E-state index in [0.29, 0.717) is 18.7 Å². The molecule has 2 saturated heterocycles. The minimum absolute atomic E-state index is 0.0748. The third-order valence-electron chi connectivity index (χ3n) is 3.13. The van der Waals surface area contributed by atoms with Crippen molar-refractivity contribution in [2.75, 3.05) is 32.8 Å². The maximum Gasteiger partial charge on any atom is 0.317 e. The molecule has 2 aliphatic heterocycles. The predicted octanol–water partition coefficient (Wildman–Crippen LogP) is 0.169. The van der Waals surface area contributed by atoms with Crippen LogP contribution in [0.15, 0.2) is 0 Å². The van der Waals surface area contributed by atoms with E-state index in [2.05, 4.69) is 17.6 Å². The van der Waals surface area contributed by atoms with Crippen molar-refractivity contribution in [2.45, 2.75) is 31.8 Å². The number of nitrogens with zero attached hydrogens (tertiary/aromatic N) is 1. The van der Waals surface area contributed by atoms with Gasteiger partial charge in [0.15, 0.2) is 0 Å². The molecule has 5 heteroatoms. The molecule has 0 aliphatic carbocycles. The van der Waals surface area contributed by atoms with Crippen molar-refractivity contribution >= 4 is 6.03 Å². The molecule has 2 N–H and O–H groups in total. The Morgan fingerprint density at radius 2 is 2.38 bits per heavy atom. The second kappa shape index (κ2) is 5.50. The molecule has 2 heterocycles. The summed E-state index contributed by atoms with van der Waals surface area (Å²) in [4.78, 5) is 13.6. The van der Waals surface area contributed by atoms with Crippen LogP contribution in [0, 0.1) is 0 Å². The van der Waals surface area contributed by atoms with Crippen molar-refractivity contribution in [3.8, 4) is 0 Å². The maximum atomic E-state index is 11.7. The minimum Gasteiger partial charge on any atom is -0.378 e. The zero-order valence-electron chi connectivity index (χ0n) is 9.87. The Bertz CT molecular complexity index is 241. The van der Waals surface area contributed by atoms with E-state index in [0.717, 1.165) is 39.1 Å². The van der Waals surface area contributed by atoms with Crippen molar-refractivity contribution in [3.05, 3.63) is 0 Å². The van der Waals surface area contributed by atoms with Crippen molar-refractivity contribution < 1.29 is 9.53 Å². The summed E-state index contributed by atoms with van der Waals surface area (Å²) in [7, 11) is 0. The van der Waals surface area contributed by atoms with Gasteiger partial charge in [0.05, 0.1) is 13.2 Å². The minimum atomic E-state index is 0.0748. The topological polar surface area (TPSA) is 53.6 Å². The molecule has 5 nitrogen and oxygen atoms in total. The molecule has 2 fully saturated rings. The fourth-order valence-electron chi connectivity index (χ4n) is 2.33. The normalized spacial score (nSPS) is 30.6. The van der Waals surface area contributed by atoms with E-state index in [-0.39, 0.29) is 6.03 Å². The van der Waals surface area contributed by atoms with E-state index in [4.69, 9.17) is 4.74 Å². The molecule has 2 unspecified atom stereocenters. The number of urea groups is 1. The highest BCUT2D eigenvalue weighted by Crippen LogP contribution is 2.10. The van der Waals surface area contributed by atoms with Crippen molar-refractivity contribution in [1.82, 2.24) is 15.5 Å². The van der Waals surface area contributed by atoms with Crippen molar-refractivity contribution in [1.29, 1.82) is 0 Å². The lowest BCUT2D eigenvalue weighted by molar-refractivity contribution is 0.0679. The second-order valence-corrected chi connectivity index (χ2v) is 4.57. The van der Waals surface area contributed by atoms with E-state index in [9.17, 15) is 4.79 Å². The molecule has 0 spiro atoms. The van der Waals surface area contributed by atoms with Crippen LogP contribution < -0.4 is 10.6 Å². The molecule has 0 saturated carbocycles. The highest BCUT2D eigenvalue weighted by molar-refractivity contribution is 5.76. The van der Waals surface area contributed by atoms with Gasteiger partial charge in [0.1, 0.15) is 0 Å². The fourth-order valence-corrected chi connectivity index (χ4v) is 2.33. The molecule has 0 bridgehead atoms. The molecular formula is C11H21N3O2. The molecule has 16 heavy (non-hydrogen) atoms. The summed E-state index contributed by atoms with van der Waals surface area (Å²) in [5, 5.41) is 6.38. The molecule has 0 radical (unpaired) electrons. The van der Waals surface area contributed by atoms with Gasteiger partial charge in [-0.3, -0.25) is 0 Å². The first-order chi connectivity index (χ1) is 7.79. The van der Waals surface area contributed by atoms with Crippen LogP contribution in [0.3, 0.4) is 0 Å². The first kappa shape index (κ1) is 11.7. The fraction of sp³-hybridized carbons (Fsp3) is 0.909. The first-order valence-corrected chi connectivity index (χ1v) is 6.16. The van der Waals surface area contributed by atoms with Crippen LogP contribution in [-0.2, 0) is 4.74 Å². The standard InChI is InChI=1S/C11H21N3O2/c1-2-3-9-6-14(11(15)13-9)7-10-8-16-5-4-12-10/h9-10,12H,2-8H2,1H3,(H,13,15). The van der Waals surface area contributed by atoms with Crippen LogP contribution >= 0.6 is 0 Å². The number of amides is 2. The summed E-state index contributed by atoms with van der Waals surface area (Å²) in [6, 6.07) is 0.702. The Labute approximate surface area is 96.5 Å². The van der Waals surface area contributed by atoms with Crippen LogP contribution in [-0.4, -0.2) is 55.9 Å². The zero-order chi connectivity index (χ0) is 11.4. The summed E-state index contributed by atoms with van der Waals surface area (Å²) >= 11 is 0. The number of ether oxygens (including phenoxy) is 1. The number of rotatable bonds is 4. The van der Waals surface area contributed by atoms with E-state index in [1.807, 2.05) is 4.90 Å². The summed E-state index contributed by atoms with van der Waals surface area (Å²) in [6.45, 7) is 6.12. The average Bonchev–Trinajstić information content (AvgIpc) is 2.61.